The summed E-state index contributed by atoms with van der Waals surface area (Å²) in [6.07, 6.45) is 0.328. The maximum atomic E-state index is 14.0. The van der Waals surface area contributed by atoms with Crippen LogP contribution in [0.4, 0.5) is 15.1 Å². The zero-order valence-corrected chi connectivity index (χ0v) is 17.5. The average Bonchev–Trinajstić information content (AvgIpc) is 3.00. The second-order valence-electron chi connectivity index (χ2n) is 7.08. The highest BCUT2D eigenvalue weighted by Crippen LogP contribution is 2.31. The van der Waals surface area contributed by atoms with Crippen molar-refractivity contribution in [1.82, 2.24) is 20.4 Å². The normalized spacial score (nSPS) is 22.5. The number of halogens is 3. The molecule has 3 heterocycles. The SMILES string of the molecule is Cl.O=C1N(C[C@@H]2CNCCO[C@H]2c2ccc(Cl)c(F)c2)CCCN1c1noc(=O)[nH]1. The van der Waals surface area contributed by atoms with Crippen molar-refractivity contribution in [3.63, 3.8) is 0 Å². The summed E-state index contributed by atoms with van der Waals surface area (Å²) in [4.78, 5) is 29.7. The number of benzene rings is 1. The first kappa shape index (κ1) is 22.5. The van der Waals surface area contributed by atoms with Gasteiger partial charge in [0.1, 0.15) is 5.82 Å². The molecule has 12 heteroatoms. The van der Waals surface area contributed by atoms with E-state index in [1.807, 2.05) is 0 Å². The third-order valence-electron chi connectivity index (χ3n) is 5.13. The Balaban J connectivity index is 0.00000256. The van der Waals surface area contributed by atoms with Crippen LogP contribution in [0.2, 0.25) is 5.02 Å². The number of aromatic nitrogens is 2. The topological polar surface area (TPSA) is 104 Å². The molecule has 2 saturated heterocycles. The van der Waals surface area contributed by atoms with Crippen LogP contribution in [0.25, 0.3) is 0 Å². The van der Waals surface area contributed by atoms with E-state index in [4.69, 9.17) is 16.3 Å². The lowest BCUT2D eigenvalue weighted by Gasteiger charge is -2.37. The van der Waals surface area contributed by atoms with Gasteiger partial charge in [-0.3, -0.25) is 14.4 Å². The molecule has 2 aliphatic rings. The van der Waals surface area contributed by atoms with Crippen LogP contribution in [0.5, 0.6) is 0 Å². The molecule has 1 aromatic heterocycles. The number of carbonyl (C=O) groups excluding carboxylic acids is 1. The number of urea groups is 1. The molecule has 2 atom stereocenters. The molecule has 164 valence electrons. The van der Waals surface area contributed by atoms with Gasteiger partial charge in [0.15, 0.2) is 0 Å². The summed E-state index contributed by atoms with van der Waals surface area (Å²) in [5.41, 5.74) is 0.683. The van der Waals surface area contributed by atoms with E-state index in [2.05, 4.69) is 20.0 Å². The third kappa shape index (κ3) is 4.77. The first-order valence-electron chi connectivity index (χ1n) is 9.42. The van der Waals surface area contributed by atoms with Gasteiger partial charge in [0.25, 0.3) is 5.95 Å². The molecule has 9 nitrogen and oxygen atoms in total. The number of ether oxygens (including phenoxy) is 1. The van der Waals surface area contributed by atoms with E-state index >= 15 is 0 Å². The van der Waals surface area contributed by atoms with Crippen molar-refractivity contribution < 1.29 is 18.4 Å². The Hall–Kier alpha value is -2.14. The van der Waals surface area contributed by atoms with Crippen molar-refractivity contribution >= 4 is 36.0 Å². The van der Waals surface area contributed by atoms with E-state index < -0.39 is 11.6 Å². The minimum Gasteiger partial charge on any atom is -0.372 e. The molecule has 0 unspecified atom stereocenters. The standard InChI is InChI=1S/C18H21ClFN5O4.ClH/c19-13-3-2-11(8-14(13)20)15-12(9-21-4-7-28-15)10-24-5-1-6-25(18(24)27)16-22-17(26)29-23-16;/h2-3,8,12,15,21H,1,4-7,9-10H2,(H,22,23,26);1H/t12-,15-;/m0./s1. The van der Waals surface area contributed by atoms with Gasteiger partial charge in [-0.05, 0) is 29.3 Å². The quantitative estimate of drug-likeness (QED) is 0.722. The maximum absolute atomic E-state index is 14.0. The van der Waals surface area contributed by atoms with E-state index in [9.17, 15) is 14.0 Å². The molecule has 4 rings (SSSR count). The van der Waals surface area contributed by atoms with Crippen LogP contribution < -0.4 is 16.0 Å². The summed E-state index contributed by atoms with van der Waals surface area (Å²) in [6.45, 7) is 3.16. The molecule has 30 heavy (non-hydrogen) atoms. The van der Waals surface area contributed by atoms with Crippen LogP contribution in [-0.2, 0) is 4.74 Å². The number of anilines is 1. The summed E-state index contributed by atoms with van der Waals surface area (Å²) in [7, 11) is 0. The van der Waals surface area contributed by atoms with Crippen LogP contribution in [0.15, 0.2) is 27.5 Å². The summed E-state index contributed by atoms with van der Waals surface area (Å²) in [5.74, 6) is -1.22. The zero-order valence-electron chi connectivity index (χ0n) is 16.0. The number of amides is 2. The van der Waals surface area contributed by atoms with E-state index in [-0.39, 0.29) is 41.4 Å². The van der Waals surface area contributed by atoms with Crippen molar-refractivity contribution in [1.29, 1.82) is 0 Å². The second kappa shape index (κ2) is 9.78. The highest BCUT2D eigenvalue weighted by Gasteiger charge is 2.34. The Bertz CT molecular complexity index is 939. The molecular weight excluding hydrogens is 440 g/mol. The molecule has 2 amide bonds. The molecule has 2 N–H and O–H groups in total. The van der Waals surface area contributed by atoms with Crippen LogP contribution in [0, 0.1) is 11.7 Å². The Morgan fingerprint density at radius 1 is 1.30 bits per heavy atom. The Morgan fingerprint density at radius 2 is 2.13 bits per heavy atom. The number of nitrogens with zero attached hydrogens (tertiary/aromatic N) is 3. The Kier molecular flexibility index (Phi) is 7.35. The van der Waals surface area contributed by atoms with Crippen LogP contribution in [0.3, 0.4) is 0 Å². The molecule has 0 radical (unpaired) electrons. The molecule has 1 aromatic carbocycles. The summed E-state index contributed by atoms with van der Waals surface area (Å²) in [5, 5.41) is 6.97. The lowest BCUT2D eigenvalue weighted by molar-refractivity contribution is 0.0214. The van der Waals surface area contributed by atoms with Gasteiger partial charge >= 0.3 is 11.8 Å². The fourth-order valence-corrected chi connectivity index (χ4v) is 3.89. The maximum Gasteiger partial charge on any atom is 0.440 e. The van der Waals surface area contributed by atoms with Gasteiger partial charge in [0.2, 0.25) is 0 Å². The van der Waals surface area contributed by atoms with Gasteiger partial charge in [-0.1, -0.05) is 17.7 Å². The van der Waals surface area contributed by atoms with Crippen molar-refractivity contribution in [2.75, 3.05) is 44.2 Å². The van der Waals surface area contributed by atoms with Gasteiger partial charge < -0.3 is 15.0 Å². The first-order chi connectivity index (χ1) is 14.0. The zero-order chi connectivity index (χ0) is 20.4. The number of hydrogen-bond acceptors (Lipinski definition) is 6. The molecule has 2 fully saturated rings. The van der Waals surface area contributed by atoms with Crippen LogP contribution in [0.1, 0.15) is 18.1 Å². The van der Waals surface area contributed by atoms with E-state index in [0.29, 0.717) is 51.3 Å². The van der Waals surface area contributed by atoms with Crippen LogP contribution in [-0.4, -0.2) is 60.4 Å². The van der Waals surface area contributed by atoms with Crippen molar-refractivity contribution in [2.45, 2.75) is 12.5 Å². The number of aromatic amines is 1. The monoisotopic (exact) mass is 461 g/mol. The minimum atomic E-state index is -0.712. The van der Waals surface area contributed by atoms with Crippen molar-refractivity contribution in [3.05, 3.63) is 45.2 Å². The third-order valence-corrected chi connectivity index (χ3v) is 5.44. The van der Waals surface area contributed by atoms with Gasteiger partial charge in [-0.15, -0.1) is 12.4 Å². The highest BCUT2D eigenvalue weighted by molar-refractivity contribution is 6.30. The highest BCUT2D eigenvalue weighted by atomic mass is 35.5. The summed E-state index contributed by atoms with van der Waals surface area (Å²) >= 11 is 5.81. The lowest BCUT2D eigenvalue weighted by atomic mass is 9.94. The summed E-state index contributed by atoms with van der Waals surface area (Å²) < 4.78 is 24.5. The largest absolute Gasteiger partial charge is 0.440 e. The van der Waals surface area contributed by atoms with Gasteiger partial charge in [0, 0.05) is 38.6 Å². The Labute approximate surface area is 182 Å². The smallest absolute Gasteiger partial charge is 0.372 e. The molecule has 0 aliphatic carbocycles. The number of rotatable bonds is 4. The molecule has 0 spiro atoms. The molecule has 2 aromatic rings. The Morgan fingerprint density at radius 3 is 2.87 bits per heavy atom. The fourth-order valence-electron chi connectivity index (χ4n) is 3.78. The number of H-pyrrole nitrogens is 1. The molecule has 2 aliphatic heterocycles. The van der Waals surface area contributed by atoms with Crippen molar-refractivity contribution in [3.8, 4) is 0 Å². The predicted octanol–water partition coefficient (Wildman–Crippen LogP) is 2.19. The second-order valence-corrected chi connectivity index (χ2v) is 7.49. The van der Waals surface area contributed by atoms with E-state index in [1.54, 1.807) is 11.0 Å². The number of nitrogens with one attached hydrogen (secondary N) is 2. The summed E-state index contributed by atoms with van der Waals surface area (Å²) in [6, 6.07) is 4.37. The fraction of sp³-hybridized carbons (Fsp3) is 0.500. The predicted molar refractivity (Wildman–Crippen MR) is 110 cm³/mol. The van der Waals surface area contributed by atoms with Crippen LogP contribution >= 0.6 is 24.0 Å². The lowest BCUT2D eigenvalue weighted by Crippen LogP contribution is -2.52. The van der Waals surface area contributed by atoms with Gasteiger partial charge in [-0.2, -0.15) is 0 Å². The van der Waals surface area contributed by atoms with Gasteiger partial charge in [0.05, 0.1) is 17.7 Å². The van der Waals surface area contributed by atoms with E-state index in [0.717, 1.165) is 0 Å². The van der Waals surface area contributed by atoms with Crippen molar-refractivity contribution in [2.24, 2.45) is 5.92 Å². The van der Waals surface area contributed by atoms with Gasteiger partial charge in [-0.25, -0.2) is 14.0 Å². The molecular formula is C18H22Cl2FN5O4. The number of hydrogen-bond donors (Lipinski definition) is 2. The minimum absolute atomic E-state index is 0. The van der Waals surface area contributed by atoms with E-state index in [1.165, 1.54) is 17.0 Å². The number of carbonyl (C=O) groups is 1. The average molecular weight is 462 g/mol. The molecule has 0 saturated carbocycles. The first-order valence-corrected chi connectivity index (χ1v) is 9.80. The molecule has 0 bridgehead atoms.